The van der Waals surface area contributed by atoms with Crippen LogP contribution in [0.2, 0.25) is 0 Å². The number of halogens is 1. The Bertz CT molecular complexity index is 831. The molecule has 0 bridgehead atoms. The van der Waals surface area contributed by atoms with Crippen molar-refractivity contribution in [3.05, 3.63) is 51.8 Å². The van der Waals surface area contributed by atoms with Gasteiger partial charge >= 0.3 is 0 Å². The van der Waals surface area contributed by atoms with Crippen molar-refractivity contribution in [3.63, 3.8) is 0 Å². The number of aryl methyl sites for hydroxylation is 2. The quantitative estimate of drug-likeness (QED) is 0.720. The number of likely N-dealkylation sites (N-methyl/N-ethyl adjacent to an activating group) is 1. The van der Waals surface area contributed by atoms with Gasteiger partial charge in [-0.05, 0) is 32.9 Å². The average molecular weight is 419 g/mol. The first kappa shape index (κ1) is 18.6. The second-order valence-corrected chi connectivity index (χ2v) is 7.21. The standard InChI is InChI=1S/C19H23BrN4O2/c1-4-23(11-15-12-24(5-2)21-13(15)3)19(25)18-10-17(22-26-18)14-7-6-8-16(20)9-14/h6-9,12,18H,4-5,10-11H2,1-3H3. The molecule has 1 aromatic heterocycles. The molecule has 0 saturated carbocycles. The van der Waals surface area contributed by atoms with Gasteiger partial charge in [0.15, 0.2) is 0 Å². The summed E-state index contributed by atoms with van der Waals surface area (Å²) in [5, 5.41) is 8.59. The summed E-state index contributed by atoms with van der Waals surface area (Å²) in [7, 11) is 0. The van der Waals surface area contributed by atoms with E-state index in [1.165, 1.54) is 0 Å². The van der Waals surface area contributed by atoms with E-state index in [1.807, 2.05) is 55.9 Å². The summed E-state index contributed by atoms with van der Waals surface area (Å²) in [6.45, 7) is 7.96. The number of rotatable bonds is 6. The summed E-state index contributed by atoms with van der Waals surface area (Å²) in [6, 6.07) is 7.86. The average Bonchev–Trinajstić information content (AvgIpc) is 3.26. The van der Waals surface area contributed by atoms with Crippen molar-refractivity contribution in [2.24, 2.45) is 5.16 Å². The van der Waals surface area contributed by atoms with Gasteiger partial charge in [0, 0.05) is 47.9 Å². The maximum Gasteiger partial charge on any atom is 0.267 e. The highest BCUT2D eigenvalue weighted by Gasteiger charge is 2.32. The summed E-state index contributed by atoms with van der Waals surface area (Å²) in [6.07, 6.45) is 1.92. The molecule has 1 atom stereocenters. The van der Waals surface area contributed by atoms with Gasteiger partial charge in [0.2, 0.25) is 6.10 Å². The lowest BCUT2D eigenvalue weighted by Gasteiger charge is -2.22. The summed E-state index contributed by atoms with van der Waals surface area (Å²) in [4.78, 5) is 20.2. The lowest BCUT2D eigenvalue weighted by atomic mass is 10.0. The van der Waals surface area contributed by atoms with Gasteiger partial charge < -0.3 is 9.74 Å². The fraction of sp³-hybridized carbons (Fsp3) is 0.421. The van der Waals surface area contributed by atoms with Crippen LogP contribution in [0.5, 0.6) is 0 Å². The topological polar surface area (TPSA) is 59.7 Å². The Balaban J connectivity index is 1.67. The highest BCUT2D eigenvalue weighted by Crippen LogP contribution is 2.22. The molecule has 0 fully saturated rings. The predicted octanol–water partition coefficient (Wildman–Crippen LogP) is 3.52. The minimum Gasteiger partial charge on any atom is -0.382 e. The van der Waals surface area contributed by atoms with E-state index < -0.39 is 6.10 Å². The highest BCUT2D eigenvalue weighted by molar-refractivity contribution is 9.10. The van der Waals surface area contributed by atoms with Crippen molar-refractivity contribution in [2.75, 3.05) is 6.54 Å². The van der Waals surface area contributed by atoms with Gasteiger partial charge in [0.25, 0.3) is 5.91 Å². The number of carbonyl (C=O) groups excluding carboxylic acids is 1. The Kier molecular flexibility index (Phi) is 5.76. The molecule has 1 aliphatic heterocycles. The fourth-order valence-electron chi connectivity index (χ4n) is 2.98. The van der Waals surface area contributed by atoms with Crippen LogP contribution in [0.1, 0.15) is 37.1 Å². The molecule has 3 rings (SSSR count). The summed E-state index contributed by atoms with van der Waals surface area (Å²) in [5.41, 5.74) is 3.79. The van der Waals surface area contributed by atoms with Crippen LogP contribution in [0.3, 0.4) is 0 Å². The number of nitrogens with zero attached hydrogens (tertiary/aromatic N) is 4. The maximum atomic E-state index is 12.9. The molecule has 26 heavy (non-hydrogen) atoms. The molecular formula is C19H23BrN4O2. The van der Waals surface area contributed by atoms with Crippen molar-refractivity contribution in [3.8, 4) is 0 Å². The number of amides is 1. The van der Waals surface area contributed by atoms with Crippen LogP contribution in [0, 0.1) is 6.92 Å². The molecule has 1 aromatic carbocycles. The Morgan fingerprint density at radius 2 is 2.23 bits per heavy atom. The maximum absolute atomic E-state index is 12.9. The Labute approximate surface area is 161 Å². The van der Waals surface area contributed by atoms with Crippen molar-refractivity contribution < 1.29 is 9.63 Å². The van der Waals surface area contributed by atoms with Crippen molar-refractivity contribution in [1.82, 2.24) is 14.7 Å². The molecule has 1 amide bonds. The molecule has 0 N–H and O–H groups in total. The fourth-order valence-corrected chi connectivity index (χ4v) is 3.38. The van der Waals surface area contributed by atoms with E-state index in [1.54, 1.807) is 4.90 Å². The minimum absolute atomic E-state index is 0.0371. The molecule has 0 aliphatic carbocycles. The molecule has 1 aliphatic rings. The zero-order valence-electron chi connectivity index (χ0n) is 15.3. The van der Waals surface area contributed by atoms with E-state index in [0.717, 1.165) is 33.5 Å². The number of hydrogen-bond donors (Lipinski definition) is 0. The molecule has 0 spiro atoms. The van der Waals surface area contributed by atoms with Crippen molar-refractivity contribution >= 4 is 27.5 Å². The Hall–Kier alpha value is -2.15. The van der Waals surface area contributed by atoms with E-state index in [0.29, 0.717) is 19.5 Å². The van der Waals surface area contributed by atoms with Crippen LogP contribution in [0.15, 0.2) is 40.1 Å². The van der Waals surface area contributed by atoms with Gasteiger partial charge in [-0.15, -0.1) is 0 Å². The number of aromatic nitrogens is 2. The lowest BCUT2D eigenvalue weighted by molar-refractivity contribution is -0.142. The number of oxime groups is 1. The molecule has 6 nitrogen and oxygen atoms in total. The molecule has 138 valence electrons. The van der Waals surface area contributed by atoms with Crippen molar-refractivity contribution in [2.45, 2.75) is 46.4 Å². The number of hydrogen-bond acceptors (Lipinski definition) is 4. The van der Waals surface area contributed by atoms with Crippen LogP contribution in [0.4, 0.5) is 0 Å². The molecular weight excluding hydrogens is 396 g/mol. The van der Waals surface area contributed by atoms with Gasteiger partial charge in [0.05, 0.1) is 11.4 Å². The van der Waals surface area contributed by atoms with Crippen LogP contribution < -0.4 is 0 Å². The Morgan fingerprint density at radius 3 is 2.88 bits per heavy atom. The van der Waals surface area contributed by atoms with E-state index in [9.17, 15) is 4.79 Å². The monoisotopic (exact) mass is 418 g/mol. The largest absolute Gasteiger partial charge is 0.382 e. The smallest absolute Gasteiger partial charge is 0.267 e. The number of benzene rings is 1. The first-order chi connectivity index (χ1) is 12.5. The van der Waals surface area contributed by atoms with E-state index in [4.69, 9.17) is 4.84 Å². The lowest BCUT2D eigenvalue weighted by Crippen LogP contribution is -2.38. The molecule has 1 unspecified atom stereocenters. The zero-order chi connectivity index (χ0) is 18.7. The molecule has 2 aromatic rings. The molecule has 0 saturated heterocycles. The summed E-state index contributed by atoms with van der Waals surface area (Å²) < 4.78 is 2.87. The van der Waals surface area contributed by atoms with Crippen LogP contribution in [-0.4, -0.2) is 38.9 Å². The minimum atomic E-state index is -0.564. The van der Waals surface area contributed by atoms with Gasteiger partial charge in [-0.3, -0.25) is 9.48 Å². The SMILES string of the molecule is CCN(Cc1cn(CC)nc1C)C(=O)C1CC(c2cccc(Br)c2)=NO1. The Morgan fingerprint density at radius 1 is 1.42 bits per heavy atom. The summed E-state index contributed by atoms with van der Waals surface area (Å²) in [5.74, 6) is -0.0371. The highest BCUT2D eigenvalue weighted by atomic mass is 79.9. The van der Waals surface area contributed by atoms with E-state index >= 15 is 0 Å². The third-order valence-corrected chi connectivity index (χ3v) is 5.02. The number of carbonyl (C=O) groups is 1. The summed E-state index contributed by atoms with van der Waals surface area (Å²) >= 11 is 3.46. The molecule has 0 radical (unpaired) electrons. The molecule has 2 heterocycles. The van der Waals surface area contributed by atoms with Gasteiger partial charge in [-0.2, -0.15) is 5.10 Å². The van der Waals surface area contributed by atoms with E-state index in [2.05, 4.69) is 26.2 Å². The van der Waals surface area contributed by atoms with Crippen LogP contribution >= 0.6 is 15.9 Å². The normalized spacial score (nSPS) is 16.3. The third kappa shape index (κ3) is 3.98. The van der Waals surface area contributed by atoms with Crippen molar-refractivity contribution in [1.29, 1.82) is 0 Å². The van der Waals surface area contributed by atoms with Crippen LogP contribution in [-0.2, 0) is 22.7 Å². The third-order valence-electron chi connectivity index (χ3n) is 4.53. The van der Waals surface area contributed by atoms with Gasteiger partial charge in [0.1, 0.15) is 0 Å². The predicted molar refractivity (Wildman–Crippen MR) is 104 cm³/mol. The first-order valence-corrected chi connectivity index (χ1v) is 9.61. The second kappa shape index (κ2) is 8.03. The molecule has 7 heteroatoms. The zero-order valence-corrected chi connectivity index (χ0v) is 16.9. The van der Waals surface area contributed by atoms with Crippen LogP contribution in [0.25, 0.3) is 0 Å². The van der Waals surface area contributed by atoms with Gasteiger partial charge in [-0.1, -0.05) is 33.2 Å². The first-order valence-electron chi connectivity index (χ1n) is 8.82. The van der Waals surface area contributed by atoms with Gasteiger partial charge in [-0.25, -0.2) is 0 Å². The van der Waals surface area contributed by atoms with E-state index in [-0.39, 0.29) is 5.91 Å². The second-order valence-electron chi connectivity index (χ2n) is 6.29.